The summed E-state index contributed by atoms with van der Waals surface area (Å²) in [5.74, 6) is 3.48. The quantitative estimate of drug-likeness (QED) is 0.732. The molecule has 6 heteroatoms. The van der Waals surface area contributed by atoms with E-state index < -0.39 is 0 Å². The van der Waals surface area contributed by atoms with Crippen LogP contribution in [0, 0.1) is 0 Å². The number of hydrogen-bond donors (Lipinski definition) is 0. The van der Waals surface area contributed by atoms with E-state index in [9.17, 15) is 0 Å². The van der Waals surface area contributed by atoms with Crippen LogP contribution < -0.4 is 9.64 Å². The maximum absolute atomic E-state index is 5.40. The van der Waals surface area contributed by atoms with Crippen LogP contribution >= 0.6 is 0 Å². The van der Waals surface area contributed by atoms with E-state index in [1.54, 1.807) is 7.11 Å². The smallest absolute Gasteiger partial charge is 0.203 e. The number of benzene rings is 1. The van der Waals surface area contributed by atoms with Gasteiger partial charge in [-0.05, 0) is 43.4 Å². The highest BCUT2D eigenvalue weighted by Crippen LogP contribution is 2.41. The molecule has 1 aromatic carbocycles. The minimum atomic E-state index is 0.301. The van der Waals surface area contributed by atoms with Gasteiger partial charge in [-0.3, -0.25) is 4.40 Å². The van der Waals surface area contributed by atoms with Gasteiger partial charge in [0.05, 0.1) is 13.2 Å². The zero-order valence-corrected chi connectivity index (χ0v) is 14.3. The summed E-state index contributed by atoms with van der Waals surface area (Å²) in [4.78, 5) is 7.04. The predicted molar refractivity (Wildman–Crippen MR) is 95.1 cm³/mol. The molecule has 0 radical (unpaired) electrons. The number of hydrogen-bond acceptors (Lipinski definition) is 5. The lowest BCUT2D eigenvalue weighted by Crippen LogP contribution is -2.24. The van der Waals surface area contributed by atoms with Crippen molar-refractivity contribution in [3.63, 3.8) is 0 Å². The largest absolute Gasteiger partial charge is 0.497 e. The molecule has 1 atom stereocenters. The first-order valence-electron chi connectivity index (χ1n) is 8.95. The molecule has 3 aromatic rings. The fraction of sp³-hybridized carbons (Fsp3) is 0.421. The maximum atomic E-state index is 5.40. The van der Waals surface area contributed by atoms with Crippen LogP contribution in [0.2, 0.25) is 0 Å². The van der Waals surface area contributed by atoms with Gasteiger partial charge in [-0.1, -0.05) is 12.1 Å². The Bertz CT molecular complexity index is 917. The molecule has 1 saturated carbocycles. The van der Waals surface area contributed by atoms with Crippen molar-refractivity contribution in [1.29, 1.82) is 0 Å². The summed E-state index contributed by atoms with van der Waals surface area (Å²) in [5, 5.41) is 8.91. The molecule has 3 heterocycles. The fourth-order valence-electron chi connectivity index (χ4n) is 3.87. The van der Waals surface area contributed by atoms with Crippen molar-refractivity contribution in [1.82, 2.24) is 19.6 Å². The van der Waals surface area contributed by atoms with Crippen molar-refractivity contribution < 1.29 is 4.74 Å². The minimum absolute atomic E-state index is 0.301. The van der Waals surface area contributed by atoms with Crippen LogP contribution in [0.15, 0.2) is 36.7 Å². The molecule has 25 heavy (non-hydrogen) atoms. The second-order valence-corrected chi connectivity index (χ2v) is 6.90. The molecule has 6 nitrogen and oxygen atoms in total. The Hall–Kier alpha value is -2.63. The molecular formula is C19H21N5O. The van der Waals surface area contributed by atoms with Crippen molar-refractivity contribution in [2.75, 3.05) is 18.6 Å². The number of nitrogens with zero attached hydrogens (tertiary/aromatic N) is 5. The topological polar surface area (TPSA) is 55.5 Å². The highest BCUT2D eigenvalue weighted by atomic mass is 16.5. The molecule has 0 amide bonds. The third-order valence-electron chi connectivity index (χ3n) is 5.28. The highest BCUT2D eigenvalue weighted by Gasteiger charge is 2.32. The van der Waals surface area contributed by atoms with E-state index in [-0.39, 0.29) is 0 Å². The molecule has 128 valence electrons. The normalized spacial score (nSPS) is 20.4. The zero-order chi connectivity index (χ0) is 16.8. The molecule has 0 bridgehead atoms. The SMILES string of the molecule is COc1cccc(C2CCCN2c2nccn3c(C4CC4)nnc23)c1. The van der Waals surface area contributed by atoms with Gasteiger partial charge in [0.2, 0.25) is 5.65 Å². The Kier molecular flexibility index (Phi) is 3.36. The summed E-state index contributed by atoms with van der Waals surface area (Å²) in [6, 6.07) is 8.64. The Morgan fingerprint density at radius 1 is 1.16 bits per heavy atom. The van der Waals surface area contributed by atoms with Gasteiger partial charge in [0.25, 0.3) is 0 Å². The van der Waals surface area contributed by atoms with E-state index in [1.165, 1.54) is 18.4 Å². The predicted octanol–water partition coefficient (Wildman–Crippen LogP) is 3.35. The van der Waals surface area contributed by atoms with E-state index in [0.29, 0.717) is 12.0 Å². The van der Waals surface area contributed by atoms with Gasteiger partial charge >= 0.3 is 0 Å². The number of fused-ring (bicyclic) bond motifs is 1. The molecule has 2 fully saturated rings. The number of rotatable bonds is 4. The van der Waals surface area contributed by atoms with Crippen molar-refractivity contribution in [3.8, 4) is 5.75 Å². The van der Waals surface area contributed by atoms with Crippen molar-refractivity contribution in [3.05, 3.63) is 48.0 Å². The Morgan fingerprint density at radius 2 is 2.08 bits per heavy atom. The lowest BCUT2D eigenvalue weighted by molar-refractivity contribution is 0.414. The zero-order valence-electron chi connectivity index (χ0n) is 14.3. The van der Waals surface area contributed by atoms with E-state index >= 15 is 0 Å². The Labute approximate surface area is 146 Å². The second kappa shape index (κ2) is 5.72. The lowest BCUT2D eigenvalue weighted by atomic mass is 10.0. The van der Waals surface area contributed by atoms with Crippen LogP contribution in [-0.2, 0) is 0 Å². The van der Waals surface area contributed by atoms with Crippen LogP contribution in [0.5, 0.6) is 5.75 Å². The van der Waals surface area contributed by atoms with Crippen LogP contribution in [0.1, 0.15) is 49.0 Å². The average Bonchev–Trinajstić information content (AvgIpc) is 3.22. The molecule has 1 aliphatic carbocycles. The fourth-order valence-corrected chi connectivity index (χ4v) is 3.87. The molecule has 2 aliphatic rings. The van der Waals surface area contributed by atoms with Crippen LogP contribution in [0.4, 0.5) is 5.82 Å². The maximum Gasteiger partial charge on any atom is 0.203 e. The molecule has 0 N–H and O–H groups in total. The summed E-state index contributed by atoms with van der Waals surface area (Å²) >= 11 is 0. The Balaban J connectivity index is 1.56. The Morgan fingerprint density at radius 3 is 2.92 bits per heavy atom. The van der Waals surface area contributed by atoms with Gasteiger partial charge in [0.1, 0.15) is 11.6 Å². The van der Waals surface area contributed by atoms with Crippen molar-refractivity contribution in [2.24, 2.45) is 0 Å². The molecule has 0 spiro atoms. The first-order chi connectivity index (χ1) is 12.3. The van der Waals surface area contributed by atoms with E-state index in [4.69, 9.17) is 4.74 Å². The van der Waals surface area contributed by atoms with Crippen molar-refractivity contribution >= 4 is 11.5 Å². The first-order valence-corrected chi connectivity index (χ1v) is 8.95. The van der Waals surface area contributed by atoms with Gasteiger partial charge in [0, 0.05) is 24.9 Å². The number of ether oxygens (including phenoxy) is 1. The van der Waals surface area contributed by atoms with Crippen LogP contribution in [0.25, 0.3) is 5.65 Å². The molecular weight excluding hydrogens is 314 g/mol. The van der Waals surface area contributed by atoms with Crippen LogP contribution in [0.3, 0.4) is 0 Å². The minimum Gasteiger partial charge on any atom is -0.497 e. The third kappa shape index (κ3) is 2.44. The number of anilines is 1. The summed E-state index contributed by atoms with van der Waals surface area (Å²) in [5.41, 5.74) is 2.14. The third-order valence-corrected chi connectivity index (χ3v) is 5.28. The van der Waals surface area contributed by atoms with E-state index in [2.05, 4.69) is 42.7 Å². The standard InChI is InChI=1S/C19H21N5O/c1-25-15-5-2-4-14(12-15)16-6-3-10-23(16)18-19-22-21-17(13-7-8-13)24(19)11-9-20-18/h2,4-5,9,11-13,16H,3,6-8,10H2,1H3. The monoisotopic (exact) mass is 335 g/mol. The molecule has 1 aliphatic heterocycles. The molecule has 1 saturated heterocycles. The molecule has 2 aromatic heterocycles. The van der Waals surface area contributed by atoms with Gasteiger partial charge < -0.3 is 9.64 Å². The highest BCUT2D eigenvalue weighted by molar-refractivity contribution is 5.65. The van der Waals surface area contributed by atoms with Gasteiger partial charge in [0.15, 0.2) is 5.82 Å². The summed E-state index contributed by atoms with van der Waals surface area (Å²) in [6.45, 7) is 0.986. The van der Waals surface area contributed by atoms with Gasteiger partial charge in [-0.15, -0.1) is 10.2 Å². The lowest BCUT2D eigenvalue weighted by Gasteiger charge is -2.26. The second-order valence-electron chi connectivity index (χ2n) is 6.90. The summed E-state index contributed by atoms with van der Waals surface area (Å²) < 4.78 is 7.53. The van der Waals surface area contributed by atoms with E-state index in [1.807, 2.05) is 18.5 Å². The molecule has 5 rings (SSSR count). The number of methoxy groups -OCH3 is 1. The van der Waals surface area contributed by atoms with Crippen molar-refractivity contribution in [2.45, 2.75) is 37.6 Å². The summed E-state index contributed by atoms with van der Waals surface area (Å²) in [7, 11) is 1.71. The van der Waals surface area contributed by atoms with Gasteiger partial charge in [-0.25, -0.2) is 4.98 Å². The average molecular weight is 335 g/mol. The number of aromatic nitrogens is 4. The summed E-state index contributed by atoms with van der Waals surface area (Å²) in [6.07, 6.45) is 8.55. The van der Waals surface area contributed by atoms with Gasteiger partial charge in [-0.2, -0.15) is 0 Å². The van der Waals surface area contributed by atoms with Crippen LogP contribution in [-0.4, -0.2) is 33.2 Å². The first kappa shape index (κ1) is 14.7. The van der Waals surface area contributed by atoms with E-state index in [0.717, 1.165) is 42.4 Å². The molecule has 1 unspecified atom stereocenters.